The lowest BCUT2D eigenvalue weighted by atomic mass is 10.1. The average Bonchev–Trinajstić information content (AvgIpc) is 3.28. The number of rotatable bonds is 6. The maximum Gasteiger partial charge on any atom is 0.264 e. The normalized spacial score (nSPS) is 12.8. The minimum Gasteiger partial charge on any atom is -0.483 e. The quantitative estimate of drug-likeness (QED) is 0.595. The van der Waals surface area contributed by atoms with E-state index in [9.17, 15) is 14.4 Å². The zero-order chi connectivity index (χ0) is 22.1. The van der Waals surface area contributed by atoms with Gasteiger partial charge in [-0.3, -0.25) is 24.6 Å². The maximum absolute atomic E-state index is 12.5. The first-order valence-electron chi connectivity index (χ1n) is 9.61. The number of amides is 3. The lowest BCUT2D eigenvalue weighted by Gasteiger charge is -2.12. The molecule has 0 atom stereocenters. The zero-order valence-corrected chi connectivity index (χ0v) is 18.1. The van der Waals surface area contributed by atoms with Crippen molar-refractivity contribution in [3.05, 3.63) is 69.2 Å². The summed E-state index contributed by atoms with van der Waals surface area (Å²) in [6.45, 7) is 5.73. The molecule has 2 aromatic carbocycles. The predicted octanol–water partition coefficient (Wildman–Crippen LogP) is 3.28. The maximum atomic E-state index is 12.5. The molecule has 3 amide bonds. The van der Waals surface area contributed by atoms with Gasteiger partial charge in [0.15, 0.2) is 6.61 Å². The highest BCUT2D eigenvalue weighted by atomic mass is 32.1. The number of aromatic nitrogens is 2. The number of hydrogen-bond acceptors (Lipinski definition) is 7. The minimum atomic E-state index is -0.373. The van der Waals surface area contributed by atoms with Crippen molar-refractivity contribution in [3.63, 3.8) is 0 Å². The number of nitrogens with zero attached hydrogens (tertiary/aromatic N) is 3. The summed E-state index contributed by atoms with van der Waals surface area (Å²) in [5.41, 5.74) is 3.89. The van der Waals surface area contributed by atoms with Crippen LogP contribution in [0.4, 0.5) is 5.13 Å². The largest absolute Gasteiger partial charge is 0.483 e. The summed E-state index contributed by atoms with van der Waals surface area (Å²) in [6, 6.07) is 10.6. The Balaban J connectivity index is 1.36. The fraction of sp³-hybridized carbons (Fsp3) is 0.227. The SMILES string of the molecule is Cc1cc(C)c(C)c(OCC(=O)Nc2nnc(CN3C(=O)c4ccccc4C3=O)s2)c1. The van der Waals surface area contributed by atoms with Crippen molar-refractivity contribution in [3.8, 4) is 5.75 Å². The van der Waals surface area contributed by atoms with Crippen LogP contribution >= 0.6 is 11.3 Å². The van der Waals surface area contributed by atoms with Gasteiger partial charge in [-0.05, 0) is 55.7 Å². The second-order valence-electron chi connectivity index (χ2n) is 7.28. The molecule has 2 heterocycles. The number of anilines is 1. The standard InChI is InChI=1S/C22H20N4O4S/c1-12-8-13(2)14(3)17(9-12)30-11-18(27)23-22-25-24-19(31-22)10-26-20(28)15-6-4-5-7-16(15)21(26)29/h4-9H,10-11H2,1-3H3,(H,23,25,27). The molecule has 8 nitrogen and oxygen atoms in total. The molecule has 0 saturated heterocycles. The summed E-state index contributed by atoms with van der Waals surface area (Å²) in [6.07, 6.45) is 0. The average molecular weight is 436 g/mol. The van der Waals surface area contributed by atoms with E-state index in [1.165, 1.54) is 0 Å². The van der Waals surface area contributed by atoms with Crippen LogP contribution in [-0.2, 0) is 11.3 Å². The second-order valence-corrected chi connectivity index (χ2v) is 8.35. The molecule has 1 aliphatic heterocycles. The number of imide groups is 1. The van der Waals surface area contributed by atoms with Gasteiger partial charge in [0.1, 0.15) is 10.8 Å². The number of fused-ring (bicyclic) bond motifs is 1. The van der Waals surface area contributed by atoms with Gasteiger partial charge >= 0.3 is 0 Å². The van der Waals surface area contributed by atoms with Gasteiger partial charge in [0, 0.05) is 0 Å². The predicted molar refractivity (Wildman–Crippen MR) is 115 cm³/mol. The Labute approximate surface area is 182 Å². The lowest BCUT2D eigenvalue weighted by molar-refractivity contribution is -0.118. The van der Waals surface area contributed by atoms with Gasteiger partial charge in [-0.2, -0.15) is 0 Å². The molecule has 0 unspecified atom stereocenters. The van der Waals surface area contributed by atoms with Gasteiger partial charge in [-0.1, -0.05) is 29.5 Å². The first kappa shape index (κ1) is 20.7. The number of carbonyl (C=O) groups is 3. The van der Waals surface area contributed by atoms with Crippen LogP contribution in [-0.4, -0.2) is 39.4 Å². The first-order valence-corrected chi connectivity index (χ1v) is 10.4. The van der Waals surface area contributed by atoms with Gasteiger partial charge in [-0.15, -0.1) is 10.2 Å². The molecule has 158 valence electrons. The van der Waals surface area contributed by atoms with Gasteiger partial charge in [0.2, 0.25) is 5.13 Å². The summed E-state index contributed by atoms with van der Waals surface area (Å²) >= 11 is 1.10. The molecule has 4 rings (SSSR count). The molecule has 1 N–H and O–H groups in total. The van der Waals surface area contributed by atoms with Crippen molar-refractivity contribution in [2.24, 2.45) is 0 Å². The van der Waals surface area contributed by atoms with E-state index in [4.69, 9.17) is 4.74 Å². The van der Waals surface area contributed by atoms with Crippen molar-refractivity contribution >= 4 is 34.2 Å². The Morgan fingerprint density at radius 3 is 2.42 bits per heavy atom. The smallest absolute Gasteiger partial charge is 0.264 e. The fourth-order valence-electron chi connectivity index (χ4n) is 3.34. The Morgan fingerprint density at radius 1 is 1.06 bits per heavy atom. The number of nitrogens with one attached hydrogen (secondary N) is 1. The van der Waals surface area contributed by atoms with E-state index in [-0.39, 0.29) is 36.0 Å². The highest BCUT2D eigenvalue weighted by Crippen LogP contribution is 2.26. The molecule has 1 aliphatic rings. The Morgan fingerprint density at radius 2 is 1.74 bits per heavy atom. The van der Waals surface area contributed by atoms with Gasteiger partial charge in [-0.25, -0.2) is 0 Å². The Bertz CT molecular complexity index is 1170. The monoisotopic (exact) mass is 436 g/mol. The van der Waals surface area contributed by atoms with Crippen LogP contribution in [0.1, 0.15) is 42.4 Å². The third kappa shape index (κ3) is 4.17. The van der Waals surface area contributed by atoms with E-state index in [0.29, 0.717) is 21.9 Å². The van der Waals surface area contributed by atoms with E-state index in [1.807, 2.05) is 26.8 Å². The van der Waals surface area contributed by atoms with E-state index >= 15 is 0 Å². The van der Waals surface area contributed by atoms with Crippen molar-refractivity contribution in [2.75, 3.05) is 11.9 Å². The van der Waals surface area contributed by atoms with Gasteiger partial charge in [0.05, 0.1) is 17.7 Å². The van der Waals surface area contributed by atoms with E-state index < -0.39 is 0 Å². The van der Waals surface area contributed by atoms with Crippen LogP contribution in [0.3, 0.4) is 0 Å². The summed E-state index contributed by atoms with van der Waals surface area (Å²) in [7, 11) is 0. The van der Waals surface area contributed by atoms with E-state index in [1.54, 1.807) is 24.3 Å². The molecule has 0 aliphatic carbocycles. The van der Waals surface area contributed by atoms with Crippen LogP contribution in [0.2, 0.25) is 0 Å². The number of aryl methyl sites for hydroxylation is 2. The van der Waals surface area contributed by atoms with Crippen molar-refractivity contribution in [1.82, 2.24) is 15.1 Å². The molecular formula is C22H20N4O4S. The molecular weight excluding hydrogens is 416 g/mol. The molecule has 0 radical (unpaired) electrons. The summed E-state index contributed by atoms with van der Waals surface area (Å²) < 4.78 is 5.66. The molecule has 31 heavy (non-hydrogen) atoms. The highest BCUT2D eigenvalue weighted by Gasteiger charge is 2.35. The molecule has 1 aromatic heterocycles. The molecule has 9 heteroatoms. The van der Waals surface area contributed by atoms with Crippen LogP contribution in [0, 0.1) is 20.8 Å². The topological polar surface area (TPSA) is 101 Å². The molecule has 3 aromatic rings. The first-order chi connectivity index (χ1) is 14.8. The third-order valence-corrected chi connectivity index (χ3v) is 5.83. The minimum absolute atomic E-state index is 0.00184. The second kappa shape index (κ2) is 8.27. The van der Waals surface area contributed by atoms with Crippen LogP contribution in [0.15, 0.2) is 36.4 Å². The van der Waals surface area contributed by atoms with Crippen LogP contribution in [0.5, 0.6) is 5.75 Å². The fourth-order valence-corrected chi connectivity index (χ4v) is 4.08. The van der Waals surface area contributed by atoms with Gasteiger partial charge < -0.3 is 4.74 Å². The number of benzene rings is 2. The Kier molecular flexibility index (Phi) is 5.51. The highest BCUT2D eigenvalue weighted by molar-refractivity contribution is 7.15. The van der Waals surface area contributed by atoms with E-state index in [0.717, 1.165) is 32.9 Å². The van der Waals surface area contributed by atoms with Crippen molar-refractivity contribution in [1.29, 1.82) is 0 Å². The molecule has 0 bridgehead atoms. The molecule has 0 spiro atoms. The lowest BCUT2D eigenvalue weighted by Crippen LogP contribution is -2.29. The van der Waals surface area contributed by atoms with E-state index in [2.05, 4.69) is 21.6 Å². The van der Waals surface area contributed by atoms with Gasteiger partial charge in [0.25, 0.3) is 17.7 Å². The number of carbonyl (C=O) groups excluding carboxylic acids is 3. The number of hydrogen-bond donors (Lipinski definition) is 1. The summed E-state index contributed by atoms with van der Waals surface area (Å²) in [4.78, 5) is 38.3. The van der Waals surface area contributed by atoms with Crippen molar-refractivity contribution < 1.29 is 19.1 Å². The number of ether oxygens (including phenoxy) is 1. The van der Waals surface area contributed by atoms with Crippen molar-refractivity contribution in [2.45, 2.75) is 27.3 Å². The zero-order valence-electron chi connectivity index (χ0n) is 17.3. The van der Waals surface area contributed by atoms with Crippen LogP contribution in [0.25, 0.3) is 0 Å². The summed E-state index contributed by atoms with van der Waals surface area (Å²) in [5.74, 6) is -0.435. The molecule has 0 saturated carbocycles. The summed E-state index contributed by atoms with van der Waals surface area (Å²) in [5, 5.41) is 11.3. The Hall–Kier alpha value is -3.59. The molecule has 0 fully saturated rings. The third-order valence-electron chi connectivity index (χ3n) is 5.01. The van der Waals surface area contributed by atoms with Crippen LogP contribution < -0.4 is 10.1 Å².